The van der Waals surface area contributed by atoms with Crippen LogP contribution < -0.4 is 10.4 Å². The molecule has 1 saturated carbocycles. The molecule has 186 valence electrons. The molecule has 3 atom stereocenters. The van der Waals surface area contributed by atoms with Crippen molar-refractivity contribution in [2.45, 2.75) is 83.3 Å². The zero-order chi connectivity index (χ0) is 25.4. The Labute approximate surface area is 209 Å². The number of rotatable bonds is 7. The summed E-state index contributed by atoms with van der Waals surface area (Å²) in [6.45, 7) is 23.0. The Balaban J connectivity index is 2.05. The first-order valence-electron chi connectivity index (χ1n) is 12.5. The minimum absolute atomic E-state index is 0.0224. The number of hydrogen-bond donors (Lipinski definition) is 1. The van der Waals surface area contributed by atoms with E-state index in [1.165, 1.54) is 10.4 Å². The van der Waals surface area contributed by atoms with Crippen LogP contribution in [0.5, 0.6) is 0 Å². The molecule has 0 radical (unpaired) electrons. The van der Waals surface area contributed by atoms with Gasteiger partial charge in [-0.05, 0) is 39.1 Å². The van der Waals surface area contributed by atoms with Crippen LogP contribution in [0.15, 0.2) is 72.8 Å². The molecule has 1 fully saturated rings. The van der Waals surface area contributed by atoms with E-state index in [0.717, 1.165) is 5.57 Å². The van der Waals surface area contributed by atoms with Crippen molar-refractivity contribution in [1.29, 1.82) is 0 Å². The highest BCUT2D eigenvalue weighted by Crippen LogP contribution is 2.43. The minimum Gasteiger partial charge on any atom is -0.416 e. The summed E-state index contributed by atoms with van der Waals surface area (Å²) in [5.74, 6) is -0.0224. The van der Waals surface area contributed by atoms with Crippen molar-refractivity contribution < 1.29 is 14.0 Å². The first-order valence-corrected chi connectivity index (χ1v) is 17.3. The SMILES string of the molecule is C=C1[C@H](O)C[C@@H](O[Si](c2ccccc2)(c2ccccc2)C(C)(C)C)[C@H]1CO[Si](C)(C)C(C)(C)C. The highest BCUT2D eigenvalue weighted by molar-refractivity contribution is 6.99. The van der Waals surface area contributed by atoms with Gasteiger partial charge in [0.05, 0.1) is 12.2 Å². The Hall–Kier alpha value is -1.51. The molecule has 3 rings (SSSR count). The summed E-state index contributed by atoms with van der Waals surface area (Å²) in [5, 5.41) is 13.4. The molecule has 3 nitrogen and oxygen atoms in total. The molecule has 0 aromatic heterocycles. The second-order valence-corrected chi connectivity index (χ2v) is 21.4. The van der Waals surface area contributed by atoms with Gasteiger partial charge in [-0.1, -0.05) is 109 Å². The third kappa shape index (κ3) is 5.19. The lowest BCUT2D eigenvalue weighted by Gasteiger charge is -2.46. The number of hydrogen-bond acceptors (Lipinski definition) is 3. The maximum absolute atomic E-state index is 10.9. The predicted octanol–water partition coefficient (Wildman–Crippen LogP) is 5.89. The molecule has 2 aromatic rings. The Morgan fingerprint density at radius 1 is 0.853 bits per heavy atom. The summed E-state index contributed by atoms with van der Waals surface area (Å²) < 4.78 is 14.0. The average Bonchev–Trinajstić information content (AvgIpc) is 3.02. The molecular formula is C29H44O3Si2. The molecule has 5 heteroatoms. The lowest BCUT2D eigenvalue weighted by Crippen LogP contribution is -2.68. The van der Waals surface area contributed by atoms with Gasteiger partial charge in [0.15, 0.2) is 8.32 Å². The van der Waals surface area contributed by atoms with E-state index < -0.39 is 22.7 Å². The van der Waals surface area contributed by atoms with Gasteiger partial charge in [-0.25, -0.2) is 0 Å². The van der Waals surface area contributed by atoms with E-state index in [0.29, 0.717) is 13.0 Å². The van der Waals surface area contributed by atoms with Crippen LogP contribution in [0.4, 0.5) is 0 Å². The van der Waals surface area contributed by atoms with Crippen LogP contribution in [0.3, 0.4) is 0 Å². The number of aliphatic hydroxyl groups excluding tert-OH is 1. The van der Waals surface area contributed by atoms with Crippen LogP contribution in [-0.2, 0) is 8.85 Å². The van der Waals surface area contributed by atoms with Crippen molar-refractivity contribution in [2.75, 3.05) is 6.61 Å². The van der Waals surface area contributed by atoms with Crippen molar-refractivity contribution in [3.8, 4) is 0 Å². The Morgan fingerprint density at radius 2 is 1.32 bits per heavy atom. The smallest absolute Gasteiger partial charge is 0.261 e. The Bertz CT molecular complexity index is 919. The molecule has 0 heterocycles. The third-order valence-corrected chi connectivity index (χ3v) is 17.5. The monoisotopic (exact) mass is 496 g/mol. The van der Waals surface area contributed by atoms with Gasteiger partial charge in [-0.3, -0.25) is 0 Å². The molecule has 0 aliphatic heterocycles. The molecular weight excluding hydrogens is 452 g/mol. The molecule has 0 amide bonds. The fourth-order valence-corrected chi connectivity index (χ4v) is 10.6. The van der Waals surface area contributed by atoms with Crippen LogP contribution >= 0.6 is 0 Å². The fourth-order valence-electron chi connectivity index (χ4n) is 4.80. The van der Waals surface area contributed by atoms with Crippen LogP contribution in [0.25, 0.3) is 0 Å². The lowest BCUT2D eigenvalue weighted by molar-refractivity contribution is 0.107. The maximum atomic E-state index is 10.9. The summed E-state index contributed by atoms with van der Waals surface area (Å²) in [6, 6.07) is 21.4. The molecule has 2 aromatic carbocycles. The Kier molecular flexibility index (Phi) is 7.86. The summed E-state index contributed by atoms with van der Waals surface area (Å²) in [4.78, 5) is 0. The van der Waals surface area contributed by atoms with Crippen LogP contribution in [0.1, 0.15) is 48.0 Å². The zero-order valence-electron chi connectivity index (χ0n) is 22.4. The topological polar surface area (TPSA) is 38.7 Å². The summed E-state index contributed by atoms with van der Waals surface area (Å²) >= 11 is 0. The summed E-state index contributed by atoms with van der Waals surface area (Å²) in [6.07, 6.45) is -0.135. The highest BCUT2D eigenvalue weighted by atomic mass is 28.4. The van der Waals surface area contributed by atoms with E-state index in [4.69, 9.17) is 8.85 Å². The van der Waals surface area contributed by atoms with Crippen LogP contribution in [0, 0.1) is 5.92 Å². The van der Waals surface area contributed by atoms with Gasteiger partial charge >= 0.3 is 0 Å². The van der Waals surface area contributed by atoms with E-state index in [1.807, 2.05) is 0 Å². The van der Waals surface area contributed by atoms with Gasteiger partial charge in [-0.15, -0.1) is 0 Å². The molecule has 0 saturated heterocycles. The summed E-state index contributed by atoms with van der Waals surface area (Å²) in [5.41, 5.74) is 0.849. The molecule has 0 bridgehead atoms. The van der Waals surface area contributed by atoms with Gasteiger partial charge in [0.1, 0.15) is 0 Å². The molecule has 34 heavy (non-hydrogen) atoms. The molecule has 0 spiro atoms. The number of benzene rings is 2. The second-order valence-electron chi connectivity index (χ2n) is 12.3. The van der Waals surface area contributed by atoms with E-state index in [9.17, 15) is 5.11 Å². The highest BCUT2D eigenvalue weighted by Gasteiger charge is 2.54. The molecule has 1 aliphatic rings. The zero-order valence-corrected chi connectivity index (χ0v) is 24.4. The lowest BCUT2D eigenvalue weighted by atomic mass is 10.0. The summed E-state index contributed by atoms with van der Waals surface area (Å²) in [7, 11) is -4.67. The standard InChI is InChI=1S/C29H44O3Si2/c1-22-25(21-31-33(8,9)28(2,3)4)27(20-26(22)30)32-34(29(5,6)7,23-16-12-10-13-17-23)24-18-14-11-15-19-24/h10-19,25-27,30H,1,20-21H2,2-9H3/t25-,26+,27+/m0/s1. The van der Waals surface area contributed by atoms with E-state index in [-0.39, 0.29) is 22.1 Å². The molecule has 1 aliphatic carbocycles. The van der Waals surface area contributed by atoms with Crippen molar-refractivity contribution in [3.05, 3.63) is 72.8 Å². The third-order valence-electron chi connectivity index (χ3n) is 7.98. The Morgan fingerprint density at radius 3 is 1.74 bits per heavy atom. The van der Waals surface area contributed by atoms with E-state index in [1.54, 1.807) is 0 Å². The fraction of sp³-hybridized carbons (Fsp3) is 0.517. The van der Waals surface area contributed by atoms with Gasteiger partial charge < -0.3 is 14.0 Å². The number of aliphatic hydroxyl groups is 1. The minimum atomic E-state index is -2.72. The first-order chi connectivity index (χ1) is 15.7. The quantitative estimate of drug-likeness (QED) is 0.384. The first kappa shape index (κ1) is 27.1. The van der Waals surface area contributed by atoms with E-state index in [2.05, 4.69) is 122 Å². The molecule has 1 N–H and O–H groups in total. The van der Waals surface area contributed by atoms with Gasteiger partial charge in [0, 0.05) is 18.9 Å². The largest absolute Gasteiger partial charge is 0.416 e. The van der Waals surface area contributed by atoms with Gasteiger partial charge in [-0.2, -0.15) is 0 Å². The molecule has 0 unspecified atom stereocenters. The van der Waals surface area contributed by atoms with Gasteiger partial charge in [0.2, 0.25) is 0 Å². The normalized spacial score (nSPS) is 22.3. The second kappa shape index (κ2) is 9.86. The van der Waals surface area contributed by atoms with Crippen molar-refractivity contribution >= 4 is 27.0 Å². The van der Waals surface area contributed by atoms with Crippen molar-refractivity contribution in [1.82, 2.24) is 0 Å². The predicted molar refractivity (Wildman–Crippen MR) is 149 cm³/mol. The van der Waals surface area contributed by atoms with Crippen molar-refractivity contribution in [3.63, 3.8) is 0 Å². The van der Waals surface area contributed by atoms with Crippen LogP contribution in [-0.4, -0.2) is 40.6 Å². The van der Waals surface area contributed by atoms with Gasteiger partial charge in [0.25, 0.3) is 8.32 Å². The maximum Gasteiger partial charge on any atom is 0.261 e. The van der Waals surface area contributed by atoms with E-state index >= 15 is 0 Å². The van der Waals surface area contributed by atoms with Crippen molar-refractivity contribution in [2.24, 2.45) is 5.92 Å². The van der Waals surface area contributed by atoms with Crippen LogP contribution in [0.2, 0.25) is 23.2 Å². The average molecular weight is 497 g/mol.